The van der Waals surface area contributed by atoms with Gasteiger partial charge in [-0.25, -0.2) is 23.2 Å². The number of allylic oxidation sites excluding steroid dienone is 3. The van der Waals surface area contributed by atoms with Gasteiger partial charge in [-0.05, 0) is 113 Å². The molecule has 0 bridgehead atoms. The molecule has 0 aliphatic carbocycles. The number of carbonyl (C=O) groups excluding carboxylic acids is 4. The summed E-state index contributed by atoms with van der Waals surface area (Å²) in [5.41, 5.74) is 4.41. The SMILES string of the molecule is C/C=C1\C=CN(C(=O)Nc2cc(C(=O)OC)c(Cl)cc2Br)C(c2ccc(F)cc2)C1.COc1cc(C)c(NC(=O)N2C=CC(=O)CC2c2ccc(F)cc2)cc1OC. The van der Waals surface area contributed by atoms with Crippen LogP contribution in [0.5, 0.6) is 11.5 Å². The summed E-state index contributed by atoms with van der Waals surface area (Å²) in [6, 6.07) is 16.6. The predicted molar refractivity (Wildman–Crippen MR) is 221 cm³/mol. The van der Waals surface area contributed by atoms with Crippen LogP contribution in [0.3, 0.4) is 0 Å². The third-order valence-electron chi connectivity index (χ3n) is 9.39. The number of amides is 4. The van der Waals surface area contributed by atoms with Crippen LogP contribution in [0.1, 0.15) is 58.9 Å². The summed E-state index contributed by atoms with van der Waals surface area (Å²) >= 11 is 9.46. The third-order valence-corrected chi connectivity index (χ3v) is 10.4. The first-order valence-electron chi connectivity index (χ1n) is 17.8. The van der Waals surface area contributed by atoms with Crippen LogP contribution < -0.4 is 20.1 Å². The topological polar surface area (TPSA) is 127 Å². The van der Waals surface area contributed by atoms with Crippen LogP contribution in [0.4, 0.5) is 29.7 Å². The Bertz CT molecular complexity index is 2280. The van der Waals surface area contributed by atoms with Crippen molar-refractivity contribution in [2.75, 3.05) is 32.0 Å². The van der Waals surface area contributed by atoms with Gasteiger partial charge in [-0.1, -0.05) is 41.9 Å². The number of ether oxygens (including phenoxy) is 3. The highest BCUT2D eigenvalue weighted by atomic mass is 79.9. The highest BCUT2D eigenvalue weighted by Gasteiger charge is 2.30. The summed E-state index contributed by atoms with van der Waals surface area (Å²) in [6.07, 6.45) is 9.04. The Morgan fingerprint density at radius 2 is 1.29 bits per heavy atom. The molecule has 2 aliphatic heterocycles. The van der Waals surface area contributed by atoms with Crippen LogP contribution in [0.15, 0.2) is 113 Å². The van der Waals surface area contributed by atoms with Crippen molar-refractivity contribution in [1.29, 1.82) is 0 Å². The minimum absolute atomic E-state index is 0.0966. The monoisotopic (exact) mass is 876 g/mol. The first kappa shape index (κ1) is 43.1. The lowest BCUT2D eigenvalue weighted by molar-refractivity contribution is -0.116. The average molecular weight is 878 g/mol. The molecule has 2 aliphatic rings. The number of carbonyl (C=O) groups is 4. The fourth-order valence-electron chi connectivity index (χ4n) is 6.24. The number of nitrogens with one attached hydrogen (secondary N) is 2. The highest BCUT2D eigenvalue weighted by molar-refractivity contribution is 9.10. The van der Waals surface area contributed by atoms with E-state index in [-0.39, 0.29) is 40.5 Å². The van der Waals surface area contributed by atoms with Crippen molar-refractivity contribution in [3.05, 3.63) is 152 Å². The molecule has 58 heavy (non-hydrogen) atoms. The van der Waals surface area contributed by atoms with E-state index in [1.54, 1.807) is 54.6 Å². The predicted octanol–water partition coefficient (Wildman–Crippen LogP) is 10.7. The first-order chi connectivity index (χ1) is 27.8. The fourth-order valence-corrected chi connectivity index (χ4v) is 7.05. The Kier molecular flexibility index (Phi) is 14.5. The van der Waals surface area contributed by atoms with Gasteiger partial charge >= 0.3 is 18.0 Å². The number of nitrogens with zero attached hydrogens (tertiary/aromatic N) is 2. The standard InChI is InChI=1S/C22H19BrClFN2O3.C21H21FN2O4/c1-3-13-8-9-27(20(10-13)14-4-6-15(25)7-5-14)22(29)26-19-11-16(21(28)30-2)18(24)12-17(19)23;1-13-10-19(27-2)20(28-3)12-17(13)23-21(26)24-9-8-16(25)11-18(24)14-4-6-15(22)7-5-14/h3-9,11-12,20H,10H2,1-2H3,(H,26,29);4-10,12,18H,11H2,1-3H3,(H,23,26)/b13-3+;. The number of hydrogen-bond donors (Lipinski definition) is 2. The maximum absolute atomic E-state index is 13.4. The third kappa shape index (κ3) is 10.3. The summed E-state index contributed by atoms with van der Waals surface area (Å²) in [6.45, 7) is 3.76. The molecule has 0 saturated carbocycles. The Hall–Kier alpha value is -5.99. The number of urea groups is 2. The number of anilines is 2. The van der Waals surface area contributed by atoms with Gasteiger partial charge in [-0.2, -0.15) is 0 Å². The van der Waals surface area contributed by atoms with E-state index in [0.717, 1.165) is 16.7 Å². The molecule has 4 aromatic carbocycles. The second kappa shape index (κ2) is 19.4. The lowest BCUT2D eigenvalue weighted by Gasteiger charge is -2.33. The molecule has 4 amide bonds. The zero-order chi connectivity index (χ0) is 42.1. The van der Waals surface area contributed by atoms with Crippen molar-refractivity contribution in [3.63, 3.8) is 0 Å². The molecule has 4 aromatic rings. The smallest absolute Gasteiger partial charge is 0.339 e. The molecular weight excluding hydrogens is 838 g/mol. The molecule has 2 N–H and O–H groups in total. The van der Waals surface area contributed by atoms with E-state index in [4.69, 9.17) is 25.8 Å². The van der Waals surface area contributed by atoms with E-state index in [0.29, 0.717) is 39.3 Å². The Morgan fingerprint density at radius 1 is 0.776 bits per heavy atom. The molecule has 0 spiro atoms. The van der Waals surface area contributed by atoms with Gasteiger partial charge in [0.05, 0.1) is 49.7 Å². The van der Waals surface area contributed by atoms with Gasteiger partial charge in [0.25, 0.3) is 0 Å². The van der Waals surface area contributed by atoms with Gasteiger partial charge in [-0.15, -0.1) is 0 Å². The molecule has 15 heteroatoms. The van der Waals surface area contributed by atoms with Crippen molar-refractivity contribution in [1.82, 2.24) is 9.80 Å². The summed E-state index contributed by atoms with van der Waals surface area (Å²) in [5, 5.41) is 5.85. The second-order valence-electron chi connectivity index (χ2n) is 13.0. The lowest BCUT2D eigenvalue weighted by atomic mass is 9.95. The van der Waals surface area contributed by atoms with E-state index < -0.39 is 24.1 Å². The fraction of sp³-hybridized carbons (Fsp3) is 0.209. The van der Waals surface area contributed by atoms with Gasteiger partial charge < -0.3 is 24.8 Å². The van der Waals surface area contributed by atoms with E-state index in [9.17, 15) is 28.0 Å². The number of aryl methyl sites for hydroxylation is 1. The first-order valence-corrected chi connectivity index (χ1v) is 19.0. The second-order valence-corrected chi connectivity index (χ2v) is 14.3. The minimum atomic E-state index is -0.609. The Balaban J connectivity index is 0.000000221. The number of benzene rings is 4. The number of ketones is 1. The van der Waals surface area contributed by atoms with E-state index in [1.165, 1.54) is 67.8 Å². The van der Waals surface area contributed by atoms with Crippen LogP contribution in [-0.2, 0) is 9.53 Å². The van der Waals surface area contributed by atoms with Gasteiger partial charge in [0.15, 0.2) is 17.3 Å². The summed E-state index contributed by atoms with van der Waals surface area (Å²) in [7, 11) is 4.31. The Labute approximate surface area is 348 Å². The maximum Gasteiger partial charge on any atom is 0.339 e. The van der Waals surface area contributed by atoms with Crippen LogP contribution in [0, 0.1) is 18.6 Å². The largest absolute Gasteiger partial charge is 0.493 e. The highest BCUT2D eigenvalue weighted by Crippen LogP contribution is 2.37. The van der Waals surface area contributed by atoms with Crippen molar-refractivity contribution in [3.8, 4) is 11.5 Å². The maximum atomic E-state index is 13.4. The lowest BCUT2D eigenvalue weighted by Crippen LogP contribution is -2.37. The summed E-state index contributed by atoms with van der Waals surface area (Å²) in [5.74, 6) is -0.372. The van der Waals surface area contributed by atoms with Crippen LogP contribution >= 0.6 is 27.5 Å². The van der Waals surface area contributed by atoms with Crippen molar-refractivity contribution in [2.24, 2.45) is 0 Å². The molecule has 2 atom stereocenters. The zero-order valence-electron chi connectivity index (χ0n) is 32.1. The number of rotatable bonds is 7. The molecule has 0 radical (unpaired) electrons. The summed E-state index contributed by atoms with van der Waals surface area (Å²) < 4.78 is 42.4. The molecule has 0 aromatic heterocycles. The van der Waals surface area contributed by atoms with Crippen LogP contribution in [0.2, 0.25) is 5.02 Å². The number of halogens is 4. The Morgan fingerprint density at radius 3 is 1.83 bits per heavy atom. The van der Waals surface area contributed by atoms with Crippen molar-refractivity contribution < 1.29 is 42.2 Å². The molecule has 2 unspecified atom stereocenters. The van der Waals surface area contributed by atoms with Gasteiger partial charge in [0.2, 0.25) is 0 Å². The van der Waals surface area contributed by atoms with Crippen molar-refractivity contribution >= 4 is 62.7 Å². The van der Waals surface area contributed by atoms with Crippen LogP contribution in [-0.4, -0.2) is 54.9 Å². The van der Waals surface area contributed by atoms with Gasteiger partial charge in [-0.3, -0.25) is 14.6 Å². The molecule has 0 saturated heterocycles. The van der Waals surface area contributed by atoms with E-state index in [1.807, 2.05) is 26.0 Å². The van der Waals surface area contributed by atoms with E-state index >= 15 is 0 Å². The molecule has 11 nitrogen and oxygen atoms in total. The van der Waals surface area contributed by atoms with E-state index in [2.05, 4.69) is 26.6 Å². The molecule has 2 heterocycles. The summed E-state index contributed by atoms with van der Waals surface area (Å²) in [4.78, 5) is 52.8. The minimum Gasteiger partial charge on any atom is -0.493 e. The quantitative estimate of drug-likeness (QED) is 0.177. The number of methoxy groups -OCH3 is 3. The molecule has 302 valence electrons. The molecular formula is C43H40BrClF2N4O7. The normalized spacial score (nSPS) is 16.6. The van der Waals surface area contributed by atoms with Crippen LogP contribution in [0.25, 0.3) is 0 Å². The van der Waals surface area contributed by atoms with Gasteiger partial charge in [0, 0.05) is 35.0 Å². The molecule has 6 rings (SSSR count). The number of esters is 1. The molecule has 0 fully saturated rings. The number of hydrogen-bond acceptors (Lipinski definition) is 7. The van der Waals surface area contributed by atoms with Crippen molar-refractivity contribution in [2.45, 2.75) is 38.8 Å². The van der Waals surface area contributed by atoms with Gasteiger partial charge in [0.1, 0.15) is 11.6 Å². The average Bonchev–Trinajstić information content (AvgIpc) is 3.22. The zero-order valence-corrected chi connectivity index (χ0v) is 34.5.